The predicted molar refractivity (Wildman–Crippen MR) is 49.3 cm³/mol. The van der Waals surface area contributed by atoms with Gasteiger partial charge in [0.15, 0.2) is 0 Å². The molecule has 0 spiro atoms. The van der Waals surface area contributed by atoms with Gasteiger partial charge < -0.3 is 4.57 Å². The van der Waals surface area contributed by atoms with Crippen molar-refractivity contribution in [1.29, 1.82) is 0 Å². The number of hydrogen-bond donors (Lipinski definition) is 0. The molecule has 0 bridgehead atoms. The van der Waals surface area contributed by atoms with Gasteiger partial charge in [-0.1, -0.05) is 17.7 Å². The number of aryl methyl sites for hydroxylation is 1. The molecule has 0 saturated heterocycles. The van der Waals surface area contributed by atoms with Crippen molar-refractivity contribution in [3.63, 3.8) is 0 Å². The van der Waals surface area contributed by atoms with E-state index in [9.17, 15) is 0 Å². The molecule has 1 heterocycles. The minimum atomic E-state index is 1.16. The molecule has 0 aliphatic heterocycles. The molecule has 1 heteroatoms. The van der Waals surface area contributed by atoms with Crippen LogP contribution in [0.3, 0.4) is 0 Å². The number of benzene rings is 1. The van der Waals surface area contributed by atoms with E-state index < -0.39 is 0 Å². The van der Waals surface area contributed by atoms with Crippen molar-refractivity contribution in [3.05, 3.63) is 54.4 Å². The summed E-state index contributed by atoms with van der Waals surface area (Å²) in [6, 6.07) is 12.3. The highest BCUT2D eigenvalue weighted by atomic mass is 14.9. The van der Waals surface area contributed by atoms with Crippen LogP contribution in [0.25, 0.3) is 5.69 Å². The summed E-state index contributed by atoms with van der Waals surface area (Å²) in [7, 11) is 0. The number of hydrogen-bond acceptors (Lipinski definition) is 0. The van der Waals surface area contributed by atoms with E-state index in [0.717, 1.165) is 5.69 Å². The Hall–Kier alpha value is -1.50. The average Bonchev–Trinajstić information content (AvgIpc) is 2.58. The molecule has 0 unspecified atom stereocenters. The lowest BCUT2D eigenvalue weighted by molar-refractivity contribution is 1.07. The highest BCUT2D eigenvalue weighted by Crippen LogP contribution is 2.08. The lowest BCUT2D eigenvalue weighted by atomic mass is 10.2. The highest BCUT2D eigenvalue weighted by molar-refractivity contribution is 5.34. The minimum absolute atomic E-state index is 1.16. The maximum atomic E-state index is 3.09. The van der Waals surface area contributed by atoms with Gasteiger partial charge in [-0.2, -0.15) is 0 Å². The minimum Gasteiger partial charge on any atom is -0.315 e. The first kappa shape index (κ1) is 7.17. The van der Waals surface area contributed by atoms with E-state index in [0.29, 0.717) is 0 Å². The Morgan fingerprint density at radius 1 is 1.17 bits per heavy atom. The predicted octanol–water partition coefficient (Wildman–Crippen LogP) is 2.59. The molecule has 0 aliphatic carbocycles. The molecule has 1 aromatic carbocycles. The summed E-state index contributed by atoms with van der Waals surface area (Å²) in [5.74, 6) is 0. The maximum absolute atomic E-state index is 3.09. The second-order valence-corrected chi connectivity index (χ2v) is 2.84. The largest absolute Gasteiger partial charge is 0.315 e. The first-order valence-corrected chi connectivity index (χ1v) is 3.98. The van der Waals surface area contributed by atoms with Crippen molar-refractivity contribution in [2.45, 2.75) is 6.92 Å². The Kier molecular flexibility index (Phi) is 1.71. The summed E-state index contributed by atoms with van der Waals surface area (Å²) in [5.41, 5.74) is 2.44. The number of nitrogens with zero attached hydrogens (tertiary/aromatic N) is 1. The van der Waals surface area contributed by atoms with Gasteiger partial charge in [0.25, 0.3) is 0 Å². The van der Waals surface area contributed by atoms with Crippen molar-refractivity contribution in [1.82, 2.24) is 4.57 Å². The van der Waals surface area contributed by atoms with Gasteiger partial charge in [-0.05, 0) is 31.2 Å². The van der Waals surface area contributed by atoms with Crippen molar-refractivity contribution < 1.29 is 0 Å². The molecule has 0 fully saturated rings. The SMILES string of the molecule is Cc1ccc(-n2[c]ccc2)cc1. The molecule has 12 heavy (non-hydrogen) atoms. The van der Waals surface area contributed by atoms with E-state index in [-0.39, 0.29) is 0 Å². The van der Waals surface area contributed by atoms with Crippen molar-refractivity contribution in [2.75, 3.05) is 0 Å². The van der Waals surface area contributed by atoms with Gasteiger partial charge in [0, 0.05) is 11.9 Å². The highest BCUT2D eigenvalue weighted by Gasteiger charge is 1.92. The number of aromatic nitrogens is 1. The van der Waals surface area contributed by atoms with E-state index in [1.807, 2.05) is 22.9 Å². The van der Waals surface area contributed by atoms with Gasteiger partial charge in [-0.15, -0.1) is 0 Å². The van der Waals surface area contributed by atoms with Gasteiger partial charge >= 0.3 is 0 Å². The fraction of sp³-hybridized carbons (Fsp3) is 0.0909. The molecule has 2 aromatic rings. The van der Waals surface area contributed by atoms with Crippen LogP contribution in [0.4, 0.5) is 0 Å². The Balaban J connectivity index is 2.43. The Morgan fingerprint density at radius 3 is 2.50 bits per heavy atom. The van der Waals surface area contributed by atoms with Crippen LogP contribution in [0, 0.1) is 13.1 Å². The van der Waals surface area contributed by atoms with Crippen LogP contribution < -0.4 is 0 Å². The monoisotopic (exact) mass is 156 g/mol. The third-order valence-corrected chi connectivity index (χ3v) is 1.86. The smallest absolute Gasteiger partial charge is 0.0697 e. The van der Waals surface area contributed by atoms with Gasteiger partial charge in [-0.25, -0.2) is 0 Å². The maximum Gasteiger partial charge on any atom is 0.0697 e. The first-order chi connectivity index (χ1) is 5.86. The standard InChI is InChI=1S/C11H10N/c1-10-4-6-11(7-5-10)12-8-2-3-9-12/h2-8H,1H3. The summed E-state index contributed by atoms with van der Waals surface area (Å²) >= 11 is 0. The molecule has 59 valence electrons. The third kappa shape index (κ3) is 1.26. The molecule has 1 aromatic heterocycles. The zero-order chi connectivity index (χ0) is 8.39. The molecule has 0 saturated carbocycles. The van der Waals surface area contributed by atoms with Crippen molar-refractivity contribution in [2.24, 2.45) is 0 Å². The lowest BCUT2D eigenvalue weighted by Crippen LogP contribution is -1.88. The molecule has 0 N–H and O–H groups in total. The van der Waals surface area contributed by atoms with E-state index in [1.165, 1.54) is 5.56 Å². The van der Waals surface area contributed by atoms with Crippen LogP contribution in [0.5, 0.6) is 0 Å². The molecule has 0 amide bonds. The Labute approximate surface area is 72.3 Å². The number of rotatable bonds is 1. The fourth-order valence-corrected chi connectivity index (χ4v) is 1.16. The Bertz CT molecular complexity index is 343. The van der Waals surface area contributed by atoms with Crippen LogP contribution in [0.1, 0.15) is 5.56 Å². The molecule has 0 atom stereocenters. The lowest BCUT2D eigenvalue weighted by Gasteiger charge is -2.01. The second kappa shape index (κ2) is 2.86. The third-order valence-electron chi connectivity index (χ3n) is 1.86. The molecule has 0 aliphatic rings. The summed E-state index contributed by atoms with van der Waals surface area (Å²) in [5, 5.41) is 0. The zero-order valence-corrected chi connectivity index (χ0v) is 6.99. The normalized spacial score (nSPS) is 10.1. The van der Waals surface area contributed by atoms with E-state index in [2.05, 4.69) is 37.4 Å². The van der Waals surface area contributed by atoms with Crippen LogP contribution in [-0.4, -0.2) is 4.57 Å². The molecule has 1 radical (unpaired) electrons. The van der Waals surface area contributed by atoms with Crippen molar-refractivity contribution in [3.8, 4) is 5.69 Å². The van der Waals surface area contributed by atoms with E-state index in [4.69, 9.17) is 0 Å². The summed E-state index contributed by atoms with van der Waals surface area (Å²) in [6.07, 6.45) is 5.08. The van der Waals surface area contributed by atoms with Crippen LogP contribution in [0.2, 0.25) is 0 Å². The summed E-state index contributed by atoms with van der Waals surface area (Å²) < 4.78 is 1.97. The van der Waals surface area contributed by atoms with E-state index in [1.54, 1.807) is 0 Å². The van der Waals surface area contributed by atoms with Gasteiger partial charge in [-0.3, -0.25) is 0 Å². The molecule has 2 rings (SSSR count). The molecular formula is C11H10N. The van der Waals surface area contributed by atoms with Crippen LogP contribution in [-0.2, 0) is 0 Å². The topological polar surface area (TPSA) is 4.93 Å². The van der Waals surface area contributed by atoms with Gasteiger partial charge in [0.2, 0.25) is 0 Å². The van der Waals surface area contributed by atoms with Gasteiger partial charge in [0.1, 0.15) is 0 Å². The van der Waals surface area contributed by atoms with E-state index >= 15 is 0 Å². The van der Waals surface area contributed by atoms with Crippen LogP contribution in [0.15, 0.2) is 42.6 Å². The first-order valence-electron chi connectivity index (χ1n) is 3.98. The zero-order valence-electron chi connectivity index (χ0n) is 6.99. The molecule has 1 nitrogen and oxygen atoms in total. The quantitative estimate of drug-likeness (QED) is 0.598. The van der Waals surface area contributed by atoms with Crippen molar-refractivity contribution >= 4 is 0 Å². The summed E-state index contributed by atoms with van der Waals surface area (Å²) in [4.78, 5) is 0. The fourth-order valence-electron chi connectivity index (χ4n) is 1.16. The van der Waals surface area contributed by atoms with Gasteiger partial charge in [0.05, 0.1) is 6.20 Å². The Morgan fingerprint density at radius 2 is 1.92 bits per heavy atom. The second-order valence-electron chi connectivity index (χ2n) is 2.84. The van der Waals surface area contributed by atoms with Crippen LogP contribution >= 0.6 is 0 Å². The molecular weight excluding hydrogens is 146 g/mol. The summed E-state index contributed by atoms with van der Waals surface area (Å²) in [6.45, 7) is 2.09. The average molecular weight is 156 g/mol.